The van der Waals surface area contributed by atoms with Gasteiger partial charge in [0.25, 0.3) is 0 Å². The highest BCUT2D eigenvalue weighted by molar-refractivity contribution is 5.85. The third-order valence-electron chi connectivity index (χ3n) is 4.41. The van der Waals surface area contributed by atoms with Crippen molar-refractivity contribution >= 4 is 28.8 Å². The Labute approximate surface area is 153 Å². The lowest BCUT2D eigenvalue weighted by atomic mass is 10.1. The minimum absolute atomic E-state index is 0.707. The molecule has 3 rings (SSSR count). The van der Waals surface area contributed by atoms with Gasteiger partial charge in [-0.3, -0.25) is 0 Å². The van der Waals surface area contributed by atoms with Crippen LogP contribution in [0.15, 0.2) is 48.5 Å². The number of imidazole rings is 1. The second-order valence-corrected chi connectivity index (χ2v) is 6.15. The average Bonchev–Trinajstić information content (AvgIpc) is 3.03. The number of hydrogen-bond acceptors (Lipinski definition) is 3. The number of aromatic nitrogens is 2. The van der Waals surface area contributed by atoms with Gasteiger partial charge in [-0.15, -0.1) is 0 Å². The van der Waals surface area contributed by atoms with Gasteiger partial charge in [-0.1, -0.05) is 24.3 Å². The van der Waals surface area contributed by atoms with Crippen molar-refractivity contribution in [3.05, 3.63) is 65.5 Å². The van der Waals surface area contributed by atoms with Crippen molar-refractivity contribution < 1.29 is 9.90 Å². The van der Waals surface area contributed by atoms with Crippen molar-refractivity contribution in [2.24, 2.45) is 0 Å². The molecule has 0 radical (unpaired) electrons. The fraction of sp³-hybridized carbons (Fsp3) is 0.238. The molecule has 0 aliphatic carbocycles. The maximum atomic E-state index is 10.6. The summed E-state index contributed by atoms with van der Waals surface area (Å²) in [5.74, 6) is -0.0223. The molecule has 0 amide bonds. The Bertz CT molecular complexity index is 922. The number of hydrogen-bond donors (Lipinski definition) is 2. The van der Waals surface area contributed by atoms with E-state index in [0.717, 1.165) is 47.2 Å². The molecule has 5 heteroatoms. The first kappa shape index (κ1) is 17.7. The number of nitrogens with one attached hydrogen (secondary N) is 1. The number of anilines is 1. The van der Waals surface area contributed by atoms with E-state index < -0.39 is 5.97 Å². The fourth-order valence-electron chi connectivity index (χ4n) is 3.03. The fourth-order valence-corrected chi connectivity index (χ4v) is 3.03. The maximum Gasteiger partial charge on any atom is 0.328 e. The van der Waals surface area contributed by atoms with Crippen LogP contribution in [0.4, 0.5) is 5.69 Å². The first-order valence-electron chi connectivity index (χ1n) is 8.82. The van der Waals surface area contributed by atoms with E-state index in [0.29, 0.717) is 6.42 Å². The molecule has 3 aromatic rings. The third-order valence-corrected chi connectivity index (χ3v) is 4.41. The summed E-state index contributed by atoms with van der Waals surface area (Å²) in [5.41, 5.74) is 5.21. The summed E-state index contributed by atoms with van der Waals surface area (Å²) in [7, 11) is 0. The van der Waals surface area contributed by atoms with Gasteiger partial charge in [0.1, 0.15) is 5.82 Å². The zero-order valence-corrected chi connectivity index (χ0v) is 15.1. The Morgan fingerprint density at radius 2 is 1.88 bits per heavy atom. The summed E-state index contributed by atoms with van der Waals surface area (Å²) in [6.07, 6.45) is 3.43. The van der Waals surface area contributed by atoms with Crippen molar-refractivity contribution in [2.75, 3.05) is 18.0 Å². The molecule has 0 spiro atoms. The summed E-state index contributed by atoms with van der Waals surface area (Å²) in [5, 5.41) is 8.68. The number of carboxylic acid groups (broad SMARTS) is 1. The molecule has 5 nitrogen and oxygen atoms in total. The zero-order valence-electron chi connectivity index (χ0n) is 15.1. The molecule has 0 atom stereocenters. The van der Waals surface area contributed by atoms with Crippen LogP contribution in [0.3, 0.4) is 0 Å². The molecule has 0 fully saturated rings. The van der Waals surface area contributed by atoms with E-state index in [1.54, 1.807) is 6.08 Å². The van der Waals surface area contributed by atoms with Crippen LogP contribution >= 0.6 is 0 Å². The van der Waals surface area contributed by atoms with Crippen LogP contribution in [-0.2, 0) is 11.2 Å². The van der Waals surface area contributed by atoms with E-state index in [-0.39, 0.29) is 0 Å². The van der Waals surface area contributed by atoms with E-state index in [1.807, 2.05) is 24.3 Å². The number of H-pyrrole nitrogens is 1. The van der Waals surface area contributed by atoms with Crippen molar-refractivity contribution in [1.29, 1.82) is 0 Å². The molecular formula is C21H23N3O2. The molecule has 0 aliphatic heterocycles. The summed E-state index contributed by atoms with van der Waals surface area (Å²) in [6, 6.07) is 14.1. The SMILES string of the molecule is CCN(CC)c1ccc2nc(Cc3ccc(/C=C/C(=O)O)cc3)[nH]c2c1. The molecule has 1 aromatic heterocycles. The largest absolute Gasteiger partial charge is 0.478 e. The lowest BCUT2D eigenvalue weighted by Gasteiger charge is -2.20. The molecule has 0 unspecified atom stereocenters. The summed E-state index contributed by atoms with van der Waals surface area (Å²) in [4.78, 5) is 21.0. The Morgan fingerprint density at radius 3 is 2.54 bits per heavy atom. The van der Waals surface area contributed by atoms with Crippen LogP contribution in [-0.4, -0.2) is 34.1 Å². The molecule has 134 valence electrons. The van der Waals surface area contributed by atoms with Crippen molar-refractivity contribution in [3.63, 3.8) is 0 Å². The number of benzene rings is 2. The van der Waals surface area contributed by atoms with Gasteiger partial charge in [0.15, 0.2) is 0 Å². The predicted molar refractivity (Wildman–Crippen MR) is 106 cm³/mol. The number of nitrogens with zero attached hydrogens (tertiary/aromatic N) is 2. The van der Waals surface area contributed by atoms with E-state index in [2.05, 4.69) is 46.9 Å². The minimum Gasteiger partial charge on any atom is -0.478 e. The summed E-state index contributed by atoms with van der Waals surface area (Å²) >= 11 is 0. The molecule has 0 saturated carbocycles. The summed E-state index contributed by atoms with van der Waals surface area (Å²) in [6.45, 7) is 6.26. The van der Waals surface area contributed by atoms with Gasteiger partial charge in [0, 0.05) is 31.3 Å². The highest BCUT2D eigenvalue weighted by atomic mass is 16.4. The van der Waals surface area contributed by atoms with Crippen LogP contribution in [0.5, 0.6) is 0 Å². The zero-order chi connectivity index (χ0) is 18.5. The molecule has 0 saturated heterocycles. The Balaban J connectivity index is 1.77. The van der Waals surface area contributed by atoms with Crippen LogP contribution in [0.25, 0.3) is 17.1 Å². The third kappa shape index (κ3) is 4.11. The molecular weight excluding hydrogens is 326 g/mol. The van der Waals surface area contributed by atoms with Crippen molar-refractivity contribution in [1.82, 2.24) is 9.97 Å². The van der Waals surface area contributed by atoms with Crippen LogP contribution in [0.1, 0.15) is 30.8 Å². The normalized spacial score (nSPS) is 11.3. The van der Waals surface area contributed by atoms with Gasteiger partial charge in [0.05, 0.1) is 11.0 Å². The van der Waals surface area contributed by atoms with Gasteiger partial charge in [-0.25, -0.2) is 9.78 Å². The lowest BCUT2D eigenvalue weighted by molar-refractivity contribution is -0.131. The lowest BCUT2D eigenvalue weighted by Crippen LogP contribution is -2.21. The summed E-state index contributed by atoms with van der Waals surface area (Å²) < 4.78 is 0. The van der Waals surface area contributed by atoms with E-state index in [1.165, 1.54) is 5.69 Å². The molecule has 0 aliphatic rings. The second kappa shape index (κ2) is 7.87. The molecule has 2 aromatic carbocycles. The number of rotatable bonds is 7. The highest BCUT2D eigenvalue weighted by Gasteiger charge is 2.07. The Kier molecular flexibility index (Phi) is 5.37. The topological polar surface area (TPSA) is 69.2 Å². The number of fused-ring (bicyclic) bond motifs is 1. The smallest absolute Gasteiger partial charge is 0.328 e. The monoisotopic (exact) mass is 349 g/mol. The second-order valence-electron chi connectivity index (χ2n) is 6.15. The first-order chi connectivity index (χ1) is 12.6. The molecule has 26 heavy (non-hydrogen) atoms. The van der Waals surface area contributed by atoms with Gasteiger partial charge in [0.2, 0.25) is 0 Å². The van der Waals surface area contributed by atoms with Gasteiger partial charge in [-0.05, 0) is 49.2 Å². The number of carbonyl (C=O) groups is 1. The van der Waals surface area contributed by atoms with Crippen molar-refractivity contribution in [2.45, 2.75) is 20.3 Å². The number of carboxylic acids is 1. The maximum absolute atomic E-state index is 10.6. The van der Waals surface area contributed by atoms with Gasteiger partial charge in [-0.2, -0.15) is 0 Å². The average molecular weight is 349 g/mol. The molecule has 0 bridgehead atoms. The van der Waals surface area contributed by atoms with E-state index in [9.17, 15) is 4.79 Å². The van der Waals surface area contributed by atoms with Gasteiger partial charge < -0.3 is 15.0 Å². The van der Waals surface area contributed by atoms with E-state index >= 15 is 0 Å². The van der Waals surface area contributed by atoms with Gasteiger partial charge >= 0.3 is 5.97 Å². The quantitative estimate of drug-likeness (QED) is 0.630. The Hall–Kier alpha value is -3.08. The first-order valence-corrected chi connectivity index (χ1v) is 8.82. The Morgan fingerprint density at radius 1 is 1.15 bits per heavy atom. The molecule has 1 heterocycles. The van der Waals surface area contributed by atoms with Crippen LogP contribution in [0.2, 0.25) is 0 Å². The minimum atomic E-state index is -0.944. The predicted octanol–water partition coefficient (Wildman–Crippen LogP) is 4.10. The number of aromatic amines is 1. The molecule has 2 N–H and O–H groups in total. The highest BCUT2D eigenvalue weighted by Crippen LogP contribution is 2.21. The van der Waals surface area contributed by atoms with E-state index in [4.69, 9.17) is 5.11 Å². The standard InChI is InChI=1S/C21H23N3O2/c1-3-24(4-2)17-10-11-18-19(14-17)23-20(22-18)13-16-7-5-15(6-8-16)9-12-21(25)26/h5-12,14H,3-4,13H2,1-2H3,(H,22,23)(H,25,26)/b12-9+. The van der Waals surface area contributed by atoms with Crippen molar-refractivity contribution in [3.8, 4) is 0 Å². The van der Waals surface area contributed by atoms with Crippen LogP contribution < -0.4 is 4.90 Å². The van der Waals surface area contributed by atoms with Crippen LogP contribution in [0, 0.1) is 0 Å². The number of aliphatic carboxylic acids is 1.